The van der Waals surface area contributed by atoms with Gasteiger partial charge in [-0.1, -0.05) is 29.8 Å². The predicted octanol–water partition coefficient (Wildman–Crippen LogP) is 4.92. The minimum atomic E-state index is -0.660. The van der Waals surface area contributed by atoms with Crippen LogP contribution in [0.25, 0.3) is 0 Å². The minimum Gasteiger partial charge on any atom is -0.491 e. The zero-order valence-corrected chi connectivity index (χ0v) is 21.4. The van der Waals surface area contributed by atoms with Crippen LogP contribution in [0, 0.1) is 17.3 Å². The molecule has 0 aromatic heterocycles. The summed E-state index contributed by atoms with van der Waals surface area (Å²) in [5.41, 5.74) is -0.470. The molecule has 1 fully saturated rings. The molecule has 0 amide bonds. The number of ether oxygens (including phenoxy) is 2. The molecular weight excluding hydrogens is 456 g/mol. The van der Waals surface area contributed by atoms with Crippen LogP contribution in [0.3, 0.4) is 0 Å². The fourth-order valence-corrected chi connectivity index (χ4v) is 4.42. The number of esters is 1. The normalized spacial score (nSPS) is 23.9. The molecule has 1 aromatic carbocycles. The maximum Gasteiger partial charge on any atom is 0.311 e. The van der Waals surface area contributed by atoms with E-state index in [9.17, 15) is 20.1 Å². The summed E-state index contributed by atoms with van der Waals surface area (Å²) in [6.07, 6.45) is 7.18. The lowest BCUT2D eigenvalue weighted by atomic mass is 9.86. The highest BCUT2D eigenvalue weighted by molar-refractivity contribution is 6.30. The Morgan fingerprint density at radius 1 is 1.18 bits per heavy atom. The van der Waals surface area contributed by atoms with Crippen LogP contribution in [0.1, 0.15) is 65.7 Å². The van der Waals surface area contributed by atoms with Gasteiger partial charge in [0.15, 0.2) is 0 Å². The van der Waals surface area contributed by atoms with Crippen molar-refractivity contribution in [3.8, 4) is 5.75 Å². The van der Waals surface area contributed by atoms with E-state index in [4.69, 9.17) is 21.1 Å². The summed E-state index contributed by atoms with van der Waals surface area (Å²) in [4.78, 5) is 11.7. The highest BCUT2D eigenvalue weighted by atomic mass is 35.5. The van der Waals surface area contributed by atoms with Gasteiger partial charge in [-0.25, -0.2) is 0 Å². The van der Waals surface area contributed by atoms with E-state index in [1.54, 1.807) is 24.3 Å². The fraction of sp³-hybridized carbons (Fsp3) is 0.667. The van der Waals surface area contributed by atoms with Gasteiger partial charge in [0.05, 0.1) is 30.3 Å². The molecule has 1 saturated carbocycles. The summed E-state index contributed by atoms with van der Waals surface area (Å²) in [5, 5.41) is 31.8. The van der Waals surface area contributed by atoms with Crippen molar-refractivity contribution in [1.82, 2.24) is 0 Å². The molecule has 0 unspecified atom stereocenters. The van der Waals surface area contributed by atoms with Crippen LogP contribution in [0.5, 0.6) is 5.75 Å². The highest BCUT2D eigenvalue weighted by Crippen LogP contribution is 2.38. The molecule has 6 nitrogen and oxygen atoms in total. The van der Waals surface area contributed by atoms with Crippen LogP contribution >= 0.6 is 11.6 Å². The topological polar surface area (TPSA) is 96.2 Å². The van der Waals surface area contributed by atoms with E-state index < -0.39 is 23.7 Å². The lowest BCUT2D eigenvalue weighted by Gasteiger charge is -2.23. The Bertz CT molecular complexity index is 775. The van der Waals surface area contributed by atoms with E-state index in [2.05, 4.69) is 12.2 Å². The molecule has 0 spiro atoms. The molecule has 3 N–H and O–H groups in total. The number of carbonyl (C=O) groups is 1. The molecule has 1 aromatic rings. The van der Waals surface area contributed by atoms with Crippen LogP contribution in [-0.2, 0) is 9.53 Å². The second kappa shape index (κ2) is 14.1. The van der Waals surface area contributed by atoms with E-state index in [1.165, 1.54) is 0 Å². The van der Waals surface area contributed by atoms with Gasteiger partial charge in [-0.05, 0) is 95.8 Å². The Morgan fingerprint density at radius 3 is 2.62 bits per heavy atom. The van der Waals surface area contributed by atoms with Crippen molar-refractivity contribution in [2.45, 2.75) is 84.0 Å². The molecule has 0 saturated heterocycles. The number of benzene rings is 1. The molecule has 192 valence electrons. The molecule has 0 radical (unpaired) electrons. The summed E-state index contributed by atoms with van der Waals surface area (Å²) in [5.74, 6) is 0.347. The molecule has 5 atom stereocenters. The first-order valence-corrected chi connectivity index (χ1v) is 12.7. The number of carbonyl (C=O) groups excluding carboxylic acids is 1. The average Bonchev–Trinajstić information content (AvgIpc) is 3.03. The van der Waals surface area contributed by atoms with Crippen LogP contribution in [-0.4, -0.2) is 52.8 Å². The van der Waals surface area contributed by atoms with Gasteiger partial charge >= 0.3 is 5.97 Å². The second-order valence-electron chi connectivity index (χ2n) is 10.3. The number of unbranched alkanes of at least 4 members (excludes halogenated alkanes) is 2. The van der Waals surface area contributed by atoms with Crippen LogP contribution in [0.15, 0.2) is 36.4 Å². The molecule has 2 rings (SSSR count). The van der Waals surface area contributed by atoms with Crippen molar-refractivity contribution in [2.24, 2.45) is 17.3 Å². The quantitative estimate of drug-likeness (QED) is 0.204. The number of aliphatic hydroxyl groups is 3. The van der Waals surface area contributed by atoms with E-state index in [0.717, 1.165) is 19.3 Å². The maximum absolute atomic E-state index is 11.7. The Balaban J connectivity index is 1.68. The molecule has 34 heavy (non-hydrogen) atoms. The van der Waals surface area contributed by atoms with Crippen molar-refractivity contribution in [3.63, 3.8) is 0 Å². The number of rotatable bonds is 13. The zero-order chi connectivity index (χ0) is 25.1. The Morgan fingerprint density at radius 2 is 1.91 bits per heavy atom. The molecular formula is C27H41ClO6. The van der Waals surface area contributed by atoms with E-state index >= 15 is 0 Å². The Labute approximate surface area is 208 Å². The molecule has 0 bridgehead atoms. The van der Waals surface area contributed by atoms with Crippen molar-refractivity contribution < 1.29 is 29.6 Å². The standard InChI is InChI=1S/C27H41ClO6/c1-27(2,3)26(32)33-15-8-6-4-5-7-12-22-23(25(31)17-24(22)30)14-13-20(29)18-34-21-11-9-10-19(28)16-21/h5,7,9-11,16,20,22-25,29-31H,4,6,8,12-15,17-18H2,1-3H3/b7-5-/t20-,22-,23-,24+,25-/m1/s1. The van der Waals surface area contributed by atoms with E-state index in [1.807, 2.05) is 20.8 Å². The van der Waals surface area contributed by atoms with Gasteiger partial charge < -0.3 is 24.8 Å². The number of allylic oxidation sites excluding steroid dienone is 2. The third kappa shape index (κ3) is 9.95. The largest absolute Gasteiger partial charge is 0.491 e. The lowest BCUT2D eigenvalue weighted by molar-refractivity contribution is -0.153. The predicted molar refractivity (Wildman–Crippen MR) is 134 cm³/mol. The second-order valence-corrected chi connectivity index (χ2v) is 10.7. The van der Waals surface area contributed by atoms with Gasteiger partial charge in [-0.2, -0.15) is 0 Å². The van der Waals surface area contributed by atoms with Crippen LogP contribution in [0.4, 0.5) is 0 Å². The molecule has 0 aliphatic heterocycles. The van der Waals surface area contributed by atoms with Crippen molar-refractivity contribution >= 4 is 17.6 Å². The average molecular weight is 497 g/mol. The summed E-state index contributed by atoms with van der Waals surface area (Å²) in [7, 11) is 0. The van der Waals surface area contributed by atoms with E-state index in [0.29, 0.717) is 43.1 Å². The first-order valence-electron chi connectivity index (χ1n) is 12.3. The van der Waals surface area contributed by atoms with Gasteiger partial charge in [-0.15, -0.1) is 0 Å². The van der Waals surface area contributed by atoms with Gasteiger partial charge in [0.1, 0.15) is 12.4 Å². The first-order chi connectivity index (χ1) is 16.1. The maximum atomic E-state index is 11.7. The highest BCUT2D eigenvalue weighted by Gasteiger charge is 2.40. The van der Waals surface area contributed by atoms with Crippen molar-refractivity contribution in [3.05, 3.63) is 41.4 Å². The smallest absolute Gasteiger partial charge is 0.311 e. The van der Waals surface area contributed by atoms with Crippen molar-refractivity contribution in [2.75, 3.05) is 13.2 Å². The first kappa shape index (κ1) is 28.6. The lowest BCUT2D eigenvalue weighted by Crippen LogP contribution is -2.25. The van der Waals surface area contributed by atoms with Gasteiger partial charge in [0.25, 0.3) is 0 Å². The SMILES string of the molecule is CC(C)(C)C(=O)OCCCC/C=C\C[C@@H]1[C@@H](CC[C@@H](O)COc2cccc(Cl)c2)[C@H](O)C[C@@H]1O. The van der Waals surface area contributed by atoms with Crippen molar-refractivity contribution in [1.29, 1.82) is 0 Å². The third-order valence-corrected chi connectivity index (χ3v) is 6.51. The number of halogens is 1. The Hall–Kier alpha value is -1.60. The zero-order valence-electron chi connectivity index (χ0n) is 20.7. The van der Waals surface area contributed by atoms with E-state index in [-0.39, 0.29) is 24.4 Å². The van der Waals surface area contributed by atoms with Crippen LogP contribution in [0.2, 0.25) is 5.02 Å². The molecule has 1 aliphatic rings. The monoisotopic (exact) mass is 496 g/mol. The number of aliphatic hydroxyl groups excluding tert-OH is 3. The van der Waals surface area contributed by atoms with Gasteiger partial charge in [0, 0.05) is 5.02 Å². The summed E-state index contributed by atoms with van der Waals surface area (Å²) in [6, 6.07) is 7.04. The molecule has 0 heterocycles. The molecule has 7 heteroatoms. The van der Waals surface area contributed by atoms with Gasteiger partial charge in [-0.3, -0.25) is 4.79 Å². The summed E-state index contributed by atoms with van der Waals surface area (Å²) < 4.78 is 10.9. The van der Waals surface area contributed by atoms with Gasteiger partial charge in [0.2, 0.25) is 0 Å². The molecule has 1 aliphatic carbocycles. The summed E-state index contributed by atoms with van der Waals surface area (Å²) in [6.45, 7) is 6.12. The number of hydrogen-bond donors (Lipinski definition) is 3. The van der Waals surface area contributed by atoms with Crippen LogP contribution < -0.4 is 4.74 Å². The summed E-state index contributed by atoms with van der Waals surface area (Å²) >= 11 is 5.95. The Kier molecular flexibility index (Phi) is 11.9. The fourth-order valence-electron chi connectivity index (χ4n) is 4.24. The number of hydrogen-bond acceptors (Lipinski definition) is 6. The minimum absolute atomic E-state index is 0.0277. The third-order valence-electron chi connectivity index (χ3n) is 6.28.